The van der Waals surface area contributed by atoms with Crippen LogP contribution in [0.5, 0.6) is 11.5 Å². The summed E-state index contributed by atoms with van der Waals surface area (Å²) in [4.78, 5) is 0. The minimum Gasteiger partial charge on any atom is -0.508 e. The van der Waals surface area contributed by atoms with Crippen molar-refractivity contribution in [3.63, 3.8) is 0 Å². The van der Waals surface area contributed by atoms with Crippen LogP contribution in [-0.2, 0) is 5.41 Å². The van der Waals surface area contributed by atoms with Crippen LogP contribution in [0.3, 0.4) is 0 Å². The second-order valence-corrected chi connectivity index (χ2v) is 5.84. The lowest BCUT2D eigenvalue weighted by Gasteiger charge is -2.24. The molecule has 0 aliphatic carbocycles. The van der Waals surface area contributed by atoms with Crippen LogP contribution in [0.4, 0.5) is 0 Å². The minimum atomic E-state index is -0.104. The molecular weight excluding hydrogens is 226 g/mol. The molecule has 0 radical (unpaired) electrons. The Morgan fingerprint density at radius 3 is 2.39 bits per heavy atom. The van der Waals surface area contributed by atoms with Gasteiger partial charge < -0.3 is 15.6 Å². The molecule has 102 valence electrons. The molecule has 18 heavy (non-hydrogen) atoms. The summed E-state index contributed by atoms with van der Waals surface area (Å²) in [6.07, 6.45) is 0.880. The highest BCUT2D eigenvalue weighted by molar-refractivity contribution is 5.49. The van der Waals surface area contributed by atoms with Gasteiger partial charge in [0.05, 0.1) is 7.11 Å². The fraction of sp³-hybridized carbons (Fsp3) is 0.600. The van der Waals surface area contributed by atoms with Crippen LogP contribution in [0.25, 0.3) is 0 Å². The molecule has 0 fully saturated rings. The van der Waals surface area contributed by atoms with E-state index in [1.807, 2.05) is 12.1 Å². The lowest BCUT2D eigenvalue weighted by atomic mass is 9.84. The van der Waals surface area contributed by atoms with Crippen LogP contribution in [0.15, 0.2) is 12.1 Å². The zero-order valence-corrected chi connectivity index (χ0v) is 12.1. The quantitative estimate of drug-likeness (QED) is 0.864. The van der Waals surface area contributed by atoms with E-state index in [1.54, 1.807) is 7.11 Å². The molecule has 0 aromatic heterocycles. The van der Waals surface area contributed by atoms with E-state index >= 15 is 0 Å². The van der Waals surface area contributed by atoms with Crippen molar-refractivity contribution in [1.29, 1.82) is 0 Å². The number of methoxy groups -OCH3 is 1. The molecule has 0 saturated carbocycles. The van der Waals surface area contributed by atoms with E-state index in [9.17, 15) is 5.11 Å². The highest BCUT2D eigenvalue weighted by atomic mass is 16.5. The third kappa shape index (κ3) is 3.16. The Balaban J connectivity index is 3.27. The van der Waals surface area contributed by atoms with Crippen molar-refractivity contribution in [2.24, 2.45) is 5.73 Å². The van der Waals surface area contributed by atoms with Crippen LogP contribution in [0, 0.1) is 0 Å². The maximum absolute atomic E-state index is 10.2. The normalized spacial score (nSPS) is 13.4. The molecule has 0 spiro atoms. The average Bonchev–Trinajstić information content (AvgIpc) is 2.27. The number of phenols is 1. The summed E-state index contributed by atoms with van der Waals surface area (Å²) in [5.41, 5.74) is 7.42. The third-order valence-corrected chi connectivity index (χ3v) is 3.29. The summed E-state index contributed by atoms with van der Waals surface area (Å²) in [5, 5.41) is 10.2. The van der Waals surface area contributed by atoms with E-state index in [2.05, 4.69) is 27.7 Å². The van der Waals surface area contributed by atoms with Crippen molar-refractivity contribution < 1.29 is 9.84 Å². The van der Waals surface area contributed by atoms with Gasteiger partial charge in [-0.05, 0) is 36.4 Å². The first kappa shape index (κ1) is 14.8. The van der Waals surface area contributed by atoms with E-state index in [-0.39, 0.29) is 11.3 Å². The van der Waals surface area contributed by atoms with Gasteiger partial charge in [-0.2, -0.15) is 0 Å². The number of ether oxygens (including phenoxy) is 1. The molecule has 0 aliphatic rings. The van der Waals surface area contributed by atoms with Gasteiger partial charge in [0.2, 0.25) is 0 Å². The van der Waals surface area contributed by atoms with Crippen molar-refractivity contribution in [3.8, 4) is 11.5 Å². The summed E-state index contributed by atoms with van der Waals surface area (Å²) in [5.74, 6) is 1.45. The molecule has 1 aromatic carbocycles. The molecule has 1 unspecified atom stereocenters. The number of aromatic hydroxyl groups is 1. The Kier molecular flexibility index (Phi) is 4.63. The molecule has 0 heterocycles. The second kappa shape index (κ2) is 5.61. The molecule has 1 atom stereocenters. The molecule has 1 rings (SSSR count). The highest BCUT2D eigenvalue weighted by Gasteiger charge is 2.22. The molecule has 3 N–H and O–H groups in total. The Labute approximate surface area is 110 Å². The van der Waals surface area contributed by atoms with Gasteiger partial charge in [-0.15, -0.1) is 0 Å². The predicted molar refractivity (Wildman–Crippen MR) is 75.4 cm³/mol. The van der Waals surface area contributed by atoms with E-state index in [0.29, 0.717) is 12.3 Å². The summed E-state index contributed by atoms with van der Waals surface area (Å²) >= 11 is 0. The second-order valence-electron chi connectivity index (χ2n) is 5.84. The maximum Gasteiger partial charge on any atom is 0.122 e. The fourth-order valence-corrected chi connectivity index (χ4v) is 2.15. The zero-order chi connectivity index (χ0) is 13.9. The number of rotatable bonds is 4. The Bertz CT molecular complexity index is 408. The van der Waals surface area contributed by atoms with E-state index in [1.165, 1.54) is 0 Å². The first-order valence-electron chi connectivity index (χ1n) is 6.42. The SMILES string of the molecule is COc1cc(C(C)(C)C)c(O)cc1C(C)CCN. The topological polar surface area (TPSA) is 55.5 Å². The molecule has 1 aromatic rings. The number of hydrogen-bond donors (Lipinski definition) is 2. The van der Waals surface area contributed by atoms with Crippen LogP contribution in [0.2, 0.25) is 0 Å². The molecule has 0 bridgehead atoms. The van der Waals surface area contributed by atoms with E-state index in [0.717, 1.165) is 23.3 Å². The first-order chi connectivity index (χ1) is 8.31. The lowest BCUT2D eigenvalue weighted by molar-refractivity contribution is 0.396. The van der Waals surface area contributed by atoms with Gasteiger partial charge in [-0.25, -0.2) is 0 Å². The largest absolute Gasteiger partial charge is 0.508 e. The monoisotopic (exact) mass is 251 g/mol. The minimum absolute atomic E-state index is 0.104. The van der Waals surface area contributed by atoms with Crippen LogP contribution in [-0.4, -0.2) is 18.8 Å². The number of phenolic OH excluding ortho intramolecular Hbond substituents is 1. The maximum atomic E-state index is 10.2. The fourth-order valence-electron chi connectivity index (χ4n) is 2.15. The number of benzene rings is 1. The van der Waals surface area contributed by atoms with Crippen LogP contribution < -0.4 is 10.5 Å². The average molecular weight is 251 g/mol. The third-order valence-electron chi connectivity index (χ3n) is 3.29. The summed E-state index contributed by atoms with van der Waals surface area (Å²) in [7, 11) is 1.66. The smallest absolute Gasteiger partial charge is 0.122 e. The van der Waals surface area contributed by atoms with Gasteiger partial charge in [-0.3, -0.25) is 0 Å². The Hall–Kier alpha value is -1.22. The van der Waals surface area contributed by atoms with Crippen molar-refractivity contribution in [3.05, 3.63) is 23.3 Å². The molecule has 0 amide bonds. The molecule has 3 nitrogen and oxygen atoms in total. The van der Waals surface area contributed by atoms with Gasteiger partial charge in [-0.1, -0.05) is 27.7 Å². The summed E-state index contributed by atoms with van der Waals surface area (Å²) in [6.45, 7) is 8.95. The molecular formula is C15H25NO2. The Morgan fingerprint density at radius 1 is 1.33 bits per heavy atom. The summed E-state index contributed by atoms with van der Waals surface area (Å²) in [6, 6.07) is 3.76. The molecule has 0 saturated heterocycles. The van der Waals surface area contributed by atoms with Gasteiger partial charge >= 0.3 is 0 Å². The van der Waals surface area contributed by atoms with Crippen molar-refractivity contribution in [1.82, 2.24) is 0 Å². The van der Waals surface area contributed by atoms with Gasteiger partial charge in [0, 0.05) is 11.1 Å². The van der Waals surface area contributed by atoms with E-state index < -0.39 is 0 Å². The molecule has 3 heteroatoms. The molecule has 0 aliphatic heterocycles. The zero-order valence-electron chi connectivity index (χ0n) is 12.1. The van der Waals surface area contributed by atoms with E-state index in [4.69, 9.17) is 10.5 Å². The lowest BCUT2D eigenvalue weighted by Crippen LogP contribution is -2.13. The number of nitrogens with two attached hydrogens (primary N) is 1. The Morgan fingerprint density at radius 2 is 1.94 bits per heavy atom. The predicted octanol–water partition coefficient (Wildman–Crippen LogP) is 3.15. The highest BCUT2D eigenvalue weighted by Crippen LogP contribution is 2.39. The van der Waals surface area contributed by atoms with Gasteiger partial charge in [0.15, 0.2) is 0 Å². The van der Waals surface area contributed by atoms with Gasteiger partial charge in [0.1, 0.15) is 11.5 Å². The van der Waals surface area contributed by atoms with Crippen molar-refractivity contribution in [2.45, 2.75) is 45.4 Å². The van der Waals surface area contributed by atoms with Gasteiger partial charge in [0.25, 0.3) is 0 Å². The number of hydrogen-bond acceptors (Lipinski definition) is 3. The van der Waals surface area contributed by atoms with Crippen LogP contribution in [0.1, 0.15) is 51.2 Å². The van der Waals surface area contributed by atoms with Crippen LogP contribution >= 0.6 is 0 Å². The van der Waals surface area contributed by atoms with Crippen molar-refractivity contribution in [2.75, 3.05) is 13.7 Å². The van der Waals surface area contributed by atoms with Crippen molar-refractivity contribution >= 4 is 0 Å². The standard InChI is InChI=1S/C15H25NO2/c1-10(6-7-16)11-8-13(17)12(15(2,3)4)9-14(11)18-5/h8-10,17H,6-7,16H2,1-5H3. The summed E-state index contributed by atoms with van der Waals surface area (Å²) < 4.78 is 5.45. The first-order valence-corrected chi connectivity index (χ1v) is 6.42.